The normalized spacial score (nSPS) is 10.0. The van der Waals surface area contributed by atoms with Crippen LogP contribution in [0.25, 0.3) is 0 Å². The third-order valence-corrected chi connectivity index (χ3v) is 2.28. The minimum absolute atomic E-state index is 0.830. The molecule has 0 unspecified atom stereocenters. The predicted octanol–water partition coefficient (Wildman–Crippen LogP) is 3.39. The zero-order chi connectivity index (χ0) is 9.14. The fraction of sp³-hybridized carbons (Fsp3) is 0.400. The van der Waals surface area contributed by atoms with E-state index in [0.29, 0.717) is 0 Å². The molecule has 0 aliphatic carbocycles. The van der Waals surface area contributed by atoms with Crippen LogP contribution in [0.15, 0.2) is 12.1 Å². The molecule has 2 heteroatoms. The van der Waals surface area contributed by atoms with Crippen LogP contribution in [0.2, 0.25) is 5.02 Å². The van der Waals surface area contributed by atoms with Gasteiger partial charge in [-0.25, -0.2) is 0 Å². The summed E-state index contributed by atoms with van der Waals surface area (Å²) in [6.45, 7) is 7.11. The van der Waals surface area contributed by atoms with Crippen molar-refractivity contribution in [3.8, 4) is 0 Å². The van der Waals surface area contributed by atoms with E-state index in [0.717, 1.165) is 22.8 Å². The Hall–Kier alpha value is -0.690. The van der Waals surface area contributed by atoms with Crippen LogP contribution in [-0.4, -0.2) is 6.54 Å². The topological polar surface area (TPSA) is 12.0 Å². The lowest BCUT2D eigenvalue weighted by Crippen LogP contribution is -1.98. The molecule has 0 heterocycles. The Morgan fingerprint density at radius 2 is 1.92 bits per heavy atom. The van der Waals surface area contributed by atoms with Gasteiger partial charge in [0.2, 0.25) is 0 Å². The molecule has 1 N–H and O–H groups in total. The Kier molecular flexibility index (Phi) is 2.99. The molecule has 1 aromatic carbocycles. The fourth-order valence-corrected chi connectivity index (χ4v) is 1.37. The maximum Gasteiger partial charge on any atom is 0.0455 e. The summed E-state index contributed by atoms with van der Waals surface area (Å²) in [6.07, 6.45) is 0. The summed E-state index contributed by atoms with van der Waals surface area (Å²) >= 11 is 5.98. The van der Waals surface area contributed by atoms with Gasteiger partial charge in [0.15, 0.2) is 0 Å². The molecule has 66 valence electrons. The molecule has 0 amide bonds. The summed E-state index contributed by atoms with van der Waals surface area (Å²) in [4.78, 5) is 0. The number of nitrogens with one attached hydrogen (secondary N) is 1. The van der Waals surface area contributed by atoms with E-state index in [-0.39, 0.29) is 0 Å². The molecule has 12 heavy (non-hydrogen) atoms. The molecular weight excluding hydrogens is 170 g/mol. The lowest BCUT2D eigenvalue weighted by atomic mass is 10.1. The van der Waals surface area contributed by atoms with Crippen LogP contribution in [0.3, 0.4) is 0 Å². The van der Waals surface area contributed by atoms with Crippen molar-refractivity contribution in [1.29, 1.82) is 0 Å². The van der Waals surface area contributed by atoms with E-state index in [4.69, 9.17) is 11.6 Å². The molecule has 0 aliphatic heterocycles. The quantitative estimate of drug-likeness (QED) is 0.741. The summed E-state index contributed by atoms with van der Waals surface area (Å²) in [5, 5.41) is 4.09. The number of hydrogen-bond acceptors (Lipinski definition) is 1. The zero-order valence-corrected chi connectivity index (χ0v) is 8.50. The average molecular weight is 184 g/mol. The molecule has 0 saturated carbocycles. The van der Waals surface area contributed by atoms with Crippen LogP contribution >= 0.6 is 11.6 Å². The first-order chi connectivity index (χ1) is 5.65. The Morgan fingerprint density at radius 1 is 1.25 bits per heavy atom. The Morgan fingerprint density at radius 3 is 2.50 bits per heavy atom. The highest BCUT2D eigenvalue weighted by Gasteiger charge is 2.00. The van der Waals surface area contributed by atoms with E-state index in [1.165, 1.54) is 5.56 Å². The summed E-state index contributed by atoms with van der Waals surface area (Å²) in [5.74, 6) is 0. The average Bonchev–Trinajstić information content (AvgIpc) is 2.01. The van der Waals surface area contributed by atoms with Crippen LogP contribution < -0.4 is 5.32 Å². The van der Waals surface area contributed by atoms with E-state index < -0.39 is 0 Å². The van der Waals surface area contributed by atoms with Gasteiger partial charge in [0.05, 0.1) is 0 Å². The number of rotatable bonds is 2. The van der Waals surface area contributed by atoms with Crippen molar-refractivity contribution in [2.24, 2.45) is 0 Å². The molecule has 0 bridgehead atoms. The summed E-state index contributed by atoms with van der Waals surface area (Å²) in [7, 11) is 0. The van der Waals surface area contributed by atoms with Crippen LogP contribution in [0, 0.1) is 13.8 Å². The highest BCUT2D eigenvalue weighted by atomic mass is 35.5. The van der Waals surface area contributed by atoms with Crippen LogP contribution in [0.5, 0.6) is 0 Å². The van der Waals surface area contributed by atoms with Gasteiger partial charge in [-0.1, -0.05) is 17.7 Å². The van der Waals surface area contributed by atoms with Crippen LogP contribution in [0.1, 0.15) is 18.1 Å². The van der Waals surface area contributed by atoms with Gasteiger partial charge < -0.3 is 5.32 Å². The third kappa shape index (κ3) is 1.92. The lowest BCUT2D eigenvalue weighted by molar-refractivity contribution is 1.19. The number of hydrogen-bond donors (Lipinski definition) is 1. The summed E-state index contributed by atoms with van der Waals surface area (Å²) < 4.78 is 0. The Balaban J connectivity index is 3.05. The van der Waals surface area contributed by atoms with E-state index in [2.05, 4.69) is 25.2 Å². The van der Waals surface area contributed by atoms with Gasteiger partial charge >= 0.3 is 0 Å². The number of halogens is 1. The minimum atomic E-state index is 0.830. The van der Waals surface area contributed by atoms with Gasteiger partial charge in [-0.2, -0.15) is 0 Å². The van der Waals surface area contributed by atoms with Gasteiger partial charge in [0.1, 0.15) is 0 Å². The van der Waals surface area contributed by atoms with Crippen molar-refractivity contribution in [3.05, 3.63) is 28.3 Å². The number of anilines is 1. The first-order valence-corrected chi connectivity index (χ1v) is 4.53. The SMILES string of the molecule is CCNc1cc(Cl)c(C)cc1C. The Labute approximate surface area is 78.7 Å². The standard InChI is InChI=1S/C10H14ClN/c1-4-12-10-6-9(11)7(2)5-8(10)3/h5-6,12H,4H2,1-3H3. The van der Waals surface area contributed by atoms with E-state index in [9.17, 15) is 0 Å². The van der Waals surface area contributed by atoms with Crippen LogP contribution in [-0.2, 0) is 0 Å². The summed E-state index contributed by atoms with van der Waals surface area (Å²) in [5.41, 5.74) is 3.52. The van der Waals surface area contributed by atoms with Crippen molar-refractivity contribution in [2.45, 2.75) is 20.8 Å². The second-order valence-corrected chi connectivity index (χ2v) is 3.35. The van der Waals surface area contributed by atoms with Crippen molar-refractivity contribution < 1.29 is 0 Å². The molecule has 0 radical (unpaired) electrons. The second kappa shape index (κ2) is 3.81. The van der Waals surface area contributed by atoms with Crippen LogP contribution in [0.4, 0.5) is 5.69 Å². The summed E-state index contributed by atoms with van der Waals surface area (Å²) in [6, 6.07) is 4.08. The van der Waals surface area contributed by atoms with Crippen molar-refractivity contribution >= 4 is 17.3 Å². The fourth-order valence-electron chi connectivity index (χ4n) is 1.21. The predicted molar refractivity (Wildman–Crippen MR) is 55.1 cm³/mol. The first-order valence-electron chi connectivity index (χ1n) is 4.15. The van der Waals surface area contributed by atoms with Gasteiger partial charge in [-0.3, -0.25) is 0 Å². The van der Waals surface area contributed by atoms with Crippen molar-refractivity contribution in [3.63, 3.8) is 0 Å². The first kappa shape index (κ1) is 9.40. The largest absolute Gasteiger partial charge is 0.385 e. The third-order valence-electron chi connectivity index (χ3n) is 1.87. The smallest absolute Gasteiger partial charge is 0.0455 e. The molecule has 0 aromatic heterocycles. The highest BCUT2D eigenvalue weighted by Crippen LogP contribution is 2.23. The zero-order valence-electron chi connectivity index (χ0n) is 7.74. The molecule has 0 atom stereocenters. The molecule has 1 rings (SSSR count). The molecule has 1 aromatic rings. The number of benzene rings is 1. The molecule has 0 spiro atoms. The van der Waals surface area contributed by atoms with Gasteiger partial charge in [-0.15, -0.1) is 0 Å². The molecular formula is C10H14ClN. The molecule has 0 saturated heterocycles. The van der Waals surface area contributed by atoms with E-state index >= 15 is 0 Å². The molecule has 0 aliphatic rings. The van der Waals surface area contributed by atoms with Crippen molar-refractivity contribution in [2.75, 3.05) is 11.9 Å². The van der Waals surface area contributed by atoms with Gasteiger partial charge in [-0.05, 0) is 38.0 Å². The Bertz CT molecular complexity index is 281. The molecule has 0 fully saturated rings. The van der Waals surface area contributed by atoms with E-state index in [1.54, 1.807) is 0 Å². The monoisotopic (exact) mass is 183 g/mol. The maximum atomic E-state index is 5.98. The highest BCUT2D eigenvalue weighted by molar-refractivity contribution is 6.31. The lowest BCUT2D eigenvalue weighted by Gasteiger charge is -2.09. The van der Waals surface area contributed by atoms with Gasteiger partial charge in [0, 0.05) is 17.3 Å². The van der Waals surface area contributed by atoms with E-state index in [1.807, 2.05) is 13.0 Å². The number of aryl methyl sites for hydroxylation is 2. The maximum absolute atomic E-state index is 5.98. The minimum Gasteiger partial charge on any atom is -0.385 e. The second-order valence-electron chi connectivity index (χ2n) is 2.95. The van der Waals surface area contributed by atoms with Crippen molar-refractivity contribution in [1.82, 2.24) is 0 Å². The van der Waals surface area contributed by atoms with Gasteiger partial charge in [0.25, 0.3) is 0 Å². The molecule has 1 nitrogen and oxygen atoms in total.